The zero-order valence-electron chi connectivity index (χ0n) is 4.41. The van der Waals surface area contributed by atoms with Gasteiger partial charge in [-0.2, -0.15) is 5.10 Å². The molecule has 0 radical (unpaired) electrons. The summed E-state index contributed by atoms with van der Waals surface area (Å²) in [4.78, 5) is 0. The van der Waals surface area contributed by atoms with Crippen molar-refractivity contribution >= 4 is 0 Å². The van der Waals surface area contributed by atoms with Crippen LogP contribution >= 0.6 is 0 Å². The molecule has 0 amide bonds. The third-order valence-electron chi connectivity index (χ3n) is 0.812. The monoisotopic (exact) mass is 112 g/mol. The zero-order chi connectivity index (χ0) is 5.82. The Morgan fingerprint density at radius 3 is 3.12 bits per heavy atom. The van der Waals surface area contributed by atoms with Crippen LogP contribution in [0.1, 0.15) is 0 Å². The van der Waals surface area contributed by atoms with E-state index in [2.05, 4.69) is 10.5 Å². The van der Waals surface area contributed by atoms with Crippen LogP contribution in [0.3, 0.4) is 0 Å². The zero-order valence-corrected chi connectivity index (χ0v) is 4.41. The smallest absolute Gasteiger partial charge is 0.103 e. The first-order valence-corrected chi connectivity index (χ1v) is 2.34. The summed E-state index contributed by atoms with van der Waals surface area (Å²) < 4.78 is 1.69. The molecule has 1 aromatic rings. The maximum Gasteiger partial charge on any atom is 0.103 e. The molecule has 1 aromatic heterocycles. The SMILES string of the molecule is NNCn1cccn1. The summed E-state index contributed by atoms with van der Waals surface area (Å²) >= 11 is 0. The summed E-state index contributed by atoms with van der Waals surface area (Å²) in [5, 5.41) is 3.88. The molecule has 0 aliphatic heterocycles. The number of nitrogens with one attached hydrogen (secondary N) is 1. The van der Waals surface area contributed by atoms with Crippen LogP contribution in [0.25, 0.3) is 0 Å². The van der Waals surface area contributed by atoms with Crippen molar-refractivity contribution in [3.8, 4) is 0 Å². The van der Waals surface area contributed by atoms with Crippen LogP contribution in [0.15, 0.2) is 18.5 Å². The normalized spacial score (nSPS) is 9.62. The molecule has 0 saturated carbocycles. The second-order valence-corrected chi connectivity index (χ2v) is 1.41. The van der Waals surface area contributed by atoms with E-state index in [1.807, 2.05) is 12.3 Å². The molecule has 0 saturated heterocycles. The molecule has 1 rings (SSSR count). The molecule has 0 aliphatic rings. The minimum atomic E-state index is 0.562. The molecule has 0 spiro atoms. The first-order chi connectivity index (χ1) is 3.93. The molecule has 4 nitrogen and oxygen atoms in total. The quantitative estimate of drug-likeness (QED) is 0.393. The molecule has 3 N–H and O–H groups in total. The van der Waals surface area contributed by atoms with Gasteiger partial charge in [0.2, 0.25) is 0 Å². The highest BCUT2D eigenvalue weighted by molar-refractivity contribution is 4.76. The number of aromatic nitrogens is 2. The summed E-state index contributed by atoms with van der Waals surface area (Å²) in [5.41, 5.74) is 2.47. The standard InChI is InChI=1S/C4H8N4/c5-6-4-8-3-1-2-7-8/h1-3,6H,4-5H2. The minimum absolute atomic E-state index is 0.562. The molecule has 0 unspecified atom stereocenters. The fourth-order valence-electron chi connectivity index (χ4n) is 0.488. The van der Waals surface area contributed by atoms with E-state index < -0.39 is 0 Å². The second-order valence-electron chi connectivity index (χ2n) is 1.41. The van der Waals surface area contributed by atoms with Gasteiger partial charge in [-0.05, 0) is 6.07 Å². The third-order valence-corrected chi connectivity index (χ3v) is 0.812. The van der Waals surface area contributed by atoms with Crippen LogP contribution in [-0.2, 0) is 6.67 Å². The Balaban J connectivity index is 2.50. The summed E-state index contributed by atoms with van der Waals surface area (Å²) in [6, 6.07) is 1.84. The lowest BCUT2D eigenvalue weighted by Gasteiger charge is -1.95. The Morgan fingerprint density at radius 1 is 1.75 bits per heavy atom. The van der Waals surface area contributed by atoms with Crippen molar-refractivity contribution in [3.63, 3.8) is 0 Å². The Labute approximate surface area is 47.3 Å². The average Bonchev–Trinajstić information content (AvgIpc) is 2.19. The summed E-state index contributed by atoms with van der Waals surface area (Å²) in [6.45, 7) is 0.562. The van der Waals surface area contributed by atoms with E-state index in [1.165, 1.54) is 0 Å². The van der Waals surface area contributed by atoms with Gasteiger partial charge in [0.1, 0.15) is 6.67 Å². The van der Waals surface area contributed by atoms with Gasteiger partial charge in [-0.1, -0.05) is 0 Å². The number of nitrogens with two attached hydrogens (primary N) is 1. The fourth-order valence-corrected chi connectivity index (χ4v) is 0.488. The first-order valence-electron chi connectivity index (χ1n) is 2.34. The van der Waals surface area contributed by atoms with Gasteiger partial charge in [-0.25, -0.2) is 5.43 Å². The van der Waals surface area contributed by atoms with Crippen LogP contribution in [0.2, 0.25) is 0 Å². The van der Waals surface area contributed by atoms with E-state index in [9.17, 15) is 0 Å². The predicted octanol–water partition coefficient (Wildman–Crippen LogP) is -0.696. The lowest BCUT2D eigenvalue weighted by Crippen LogP contribution is -2.25. The van der Waals surface area contributed by atoms with Gasteiger partial charge in [-0.3, -0.25) is 10.5 Å². The van der Waals surface area contributed by atoms with Gasteiger partial charge in [0.05, 0.1) is 0 Å². The van der Waals surface area contributed by atoms with E-state index in [1.54, 1.807) is 10.9 Å². The van der Waals surface area contributed by atoms with Gasteiger partial charge in [0.25, 0.3) is 0 Å². The minimum Gasteiger partial charge on any atom is -0.270 e. The highest BCUT2D eigenvalue weighted by Gasteiger charge is 1.81. The molecule has 0 atom stereocenters. The molecule has 8 heavy (non-hydrogen) atoms. The van der Waals surface area contributed by atoms with E-state index in [4.69, 9.17) is 5.84 Å². The van der Waals surface area contributed by atoms with Crippen molar-refractivity contribution < 1.29 is 0 Å². The lowest BCUT2D eigenvalue weighted by molar-refractivity contribution is 0.527. The van der Waals surface area contributed by atoms with E-state index in [0.717, 1.165) is 0 Å². The largest absolute Gasteiger partial charge is 0.270 e. The molecule has 1 heterocycles. The maximum atomic E-state index is 5.01. The maximum absolute atomic E-state index is 5.01. The highest BCUT2D eigenvalue weighted by Crippen LogP contribution is 1.78. The second kappa shape index (κ2) is 2.44. The number of hydrogen-bond acceptors (Lipinski definition) is 3. The van der Waals surface area contributed by atoms with Crippen molar-refractivity contribution in [3.05, 3.63) is 18.5 Å². The van der Waals surface area contributed by atoms with Gasteiger partial charge < -0.3 is 0 Å². The topological polar surface area (TPSA) is 55.9 Å². The molecular formula is C4H8N4. The van der Waals surface area contributed by atoms with Crippen molar-refractivity contribution in [2.75, 3.05) is 0 Å². The van der Waals surface area contributed by atoms with E-state index >= 15 is 0 Å². The van der Waals surface area contributed by atoms with Crippen molar-refractivity contribution in [2.24, 2.45) is 5.84 Å². The van der Waals surface area contributed by atoms with Crippen LogP contribution in [-0.4, -0.2) is 9.78 Å². The molecule has 4 heteroatoms. The fraction of sp³-hybridized carbons (Fsp3) is 0.250. The Kier molecular flexibility index (Phi) is 1.61. The van der Waals surface area contributed by atoms with Gasteiger partial charge >= 0.3 is 0 Å². The van der Waals surface area contributed by atoms with E-state index in [0.29, 0.717) is 6.67 Å². The number of hydrogen-bond donors (Lipinski definition) is 2. The average molecular weight is 112 g/mol. The van der Waals surface area contributed by atoms with Crippen LogP contribution < -0.4 is 11.3 Å². The predicted molar refractivity (Wildman–Crippen MR) is 29.6 cm³/mol. The Morgan fingerprint density at radius 2 is 2.62 bits per heavy atom. The molecule has 44 valence electrons. The molecule has 0 bridgehead atoms. The van der Waals surface area contributed by atoms with Gasteiger partial charge in [-0.15, -0.1) is 0 Å². The number of nitrogens with zero attached hydrogens (tertiary/aromatic N) is 2. The van der Waals surface area contributed by atoms with Crippen molar-refractivity contribution in [2.45, 2.75) is 6.67 Å². The summed E-state index contributed by atoms with van der Waals surface area (Å²) in [7, 11) is 0. The number of hydrazine groups is 1. The van der Waals surface area contributed by atoms with Crippen molar-refractivity contribution in [1.29, 1.82) is 0 Å². The Hall–Kier alpha value is -0.870. The highest BCUT2D eigenvalue weighted by atomic mass is 15.4. The summed E-state index contributed by atoms with van der Waals surface area (Å²) in [6.07, 6.45) is 3.54. The first kappa shape index (κ1) is 5.27. The van der Waals surface area contributed by atoms with Gasteiger partial charge in [0.15, 0.2) is 0 Å². The summed E-state index contributed by atoms with van der Waals surface area (Å²) in [5.74, 6) is 5.01. The molecular weight excluding hydrogens is 104 g/mol. The lowest BCUT2D eigenvalue weighted by atomic mass is 10.8. The van der Waals surface area contributed by atoms with Crippen molar-refractivity contribution in [1.82, 2.24) is 15.2 Å². The molecule has 0 fully saturated rings. The van der Waals surface area contributed by atoms with Crippen LogP contribution in [0.5, 0.6) is 0 Å². The molecule has 0 aliphatic carbocycles. The van der Waals surface area contributed by atoms with Crippen LogP contribution in [0, 0.1) is 0 Å². The van der Waals surface area contributed by atoms with Gasteiger partial charge in [0, 0.05) is 12.4 Å². The Bertz CT molecular complexity index is 134. The molecule has 0 aromatic carbocycles. The van der Waals surface area contributed by atoms with E-state index in [-0.39, 0.29) is 0 Å². The third kappa shape index (κ3) is 1.05. The number of rotatable bonds is 2. The van der Waals surface area contributed by atoms with Crippen LogP contribution in [0.4, 0.5) is 0 Å².